The summed E-state index contributed by atoms with van der Waals surface area (Å²) in [7, 11) is 0. The van der Waals surface area contributed by atoms with E-state index in [0.717, 1.165) is 39.1 Å². The molecule has 0 spiro atoms. The van der Waals surface area contributed by atoms with Gasteiger partial charge in [0.2, 0.25) is 0 Å². The average molecular weight is 488 g/mol. The summed E-state index contributed by atoms with van der Waals surface area (Å²) in [4.78, 5) is 6.74. The fraction of sp³-hybridized carbons (Fsp3) is 0.214. The van der Waals surface area contributed by atoms with Crippen LogP contribution in [-0.4, -0.2) is 10.1 Å². The highest BCUT2D eigenvalue weighted by Gasteiger charge is 2.42. The number of aryl methyl sites for hydroxylation is 1. The monoisotopic (exact) mass is 487 g/mol. The zero-order valence-corrected chi connectivity index (χ0v) is 20.9. The summed E-state index contributed by atoms with van der Waals surface area (Å²) in [6, 6.07) is 24.1. The molecule has 0 unspecified atom stereocenters. The van der Waals surface area contributed by atoms with Gasteiger partial charge in [-0.25, -0.2) is 0 Å². The second kappa shape index (κ2) is 9.24. The van der Waals surface area contributed by atoms with E-state index in [9.17, 15) is 0 Å². The molecule has 1 saturated heterocycles. The van der Waals surface area contributed by atoms with Gasteiger partial charge in [0.25, 0.3) is 0 Å². The Morgan fingerprint density at radius 1 is 1.03 bits per heavy atom. The second-order valence-corrected chi connectivity index (χ2v) is 9.70. The maximum Gasteiger partial charge on any atom is 0.174 e. The van der Waals surface area contributed by atoms with E-state index in [4.69, 9.17) is 28.2 Å². The van der Waals surface area contributed by atoms with E-state index in [0.29, 0.717) is 11.0 Å². The molecular weight excluding hydrogens is 462 g/mol. The first-order valence-corrected chi connectivity index (χ1v) is 12.2. The largest absolute Gasteiger partial charge is 0.459 e. The summed E-state index contributed by atoms with van der Waals surface area (Å²) in [5.74, 6) is 2.04. The lowest BCUT2D eigenvalue weighted by molar-refractivity contribution is 0.439. The van der Waals surface area contributed by atoms with Gasteiger partial charge in [-0.3, -0.25) is 4.98 Å². The number of nitrogens with zero attached hydrogens (tertiary/aromatic N) is 2. The summed E-state index contributed by atoms with van der Waals surface area (Å²) in [5, 5.41) is 4.85. The third-order valence-electron chi connectivity index (χ3n) is 6.31. The van der Waals surface area contributed by atoms with Crippen molar-refractivity contribution in [1.82, 2.24) is 10.3 Å². The molecule has 0 aliphatic carbocycles. The molecule has 4 aromatic rings. The van der Waals surface area contributed by atoms with E-state index in [1.165, 1.54) is 5.56 Å². The minimum Gasteiger partial charge on any atom is -0.459 e. The zero-order chi connectivity index (χ0) is 23.8. The highest BCUT2D eigenvalue weighted by atomic mass is 35.5. The van der Waals surface area contributed by atoms with Crippen molar-refractivity contribution in [3.63, 3.8) is 0 Å². The van der Waals surface area contributed by atoms with Gasteiger partial charge in [0.1, 0.15) is 17.6 Å². The number of aromatic nitrogens is 1. The first-order valence-electron chi connectivity index (χ1n) is 11.4. The van der Waals surface area contributed by atoms with E-state index in [-0.39, 0.29) is 12.1 Å². The molecule has 0 bridgehead atoms. The molecule has 0 radical (unpaired) electrons. The summed E-state index contributed by atoms with van der Waals surface area (Å²) >= 11 is 12.2. The number of pyridine rings is 1. The quantitative estimate of drug-likeness (QED) is 0.293. The molecular formula is C28H26ClN3OS. The van der Waals surface area contributed by atoms with Gasteiger partial charge in [-0.1, -0.05) is 55.8 Å². The van der Waals surface area contributed by atoms with Crippen LogP contribution >= 0.6 is 23.8 Å². The van der Waals surface area contributed by atoms with Crippen LogP contribution in [0, 0.1) is 6.92 Å². The average Bonchev–Trinajstić information content (AvgIpc) is 3.46. The maximum atomic E-state index is 6.43. The molecule has 1 fully saturated rings. The molecule has 172 valence electrons. The van der Waals surface area contributed by atoms with Crippen LogP contribution in [0.1, 0.15) is 54.4 Å². The molecule has 1 aliphatic heterocycles. The Bertz CT molecular complexity index is 1320. The Kier molecular flexibility index (Phi) is 6.15. The van der Waals surface area contributed by atoms with E-state index in [1.807, 2.05) is 55.5 Å². The van der Waals surface area contributed by atoms with E-state index >= 15 is 0 Å². The molecule has 2 aromatic carbocycles. The third-order valence-corrected chi connectivity index (χ3v) is 7.03. The van der Waals surface area contributed by atoms with Crippen molar-refractivity contribution in [3.05, 3.63) is 107 Å². The van der Waals surface area contributed by atoms with Crippen LogP contribution in [0.4, 0.5) is 5.69 Å². The SMILES string of the molecule is Cc1ccc(-c2ccc([C@@H]3[C@@H](c4ccccn4)NC(=S)N3c3ccc(C(C)C)cc3)o2)cc1Cl. The normalized spacial score (nSPS) is 17.9. The number of furan rings is 1. The number of thiocarbonyl (C=S) groups is 1. The molecule has 2 atom stereocenters. The topological polar surface area (TPSA) is 41.3 Å². The van der Waals surface area contributed by atoms with Gasteiger partial charge in [-0.2, -0.15) is 0 Å². The van der Waals surface area contributed by atoms with Crippen molar-refractivity contribution in [2.75, 3.05) is 4.90 Å². The number of rotatable bonds is 5. The number of hydrogen-bond donors (Lipinski definition) is 1. The van der Waals surface area contributed by atoms with Crippen molar-refractivity contribution in [2.24, 2.45) is 0 Å². The zero-order valence-electron chi connectivity index (χ0n) is 19.3. The van der Waals surface area contributed by atoms with E-state index in [1.54, 1.807) is 6.20 Å². The molecule has 6 heteroatoms. The fourth-order valence-electron chi connectivity index (χ4n) is 4.35. The molecule has 34 heavy (non-hydrogen) atoms. The van der Waals surface area contributed by atoms with Gasteiger partial charge in [-0.05, 0) is 78.7 Å². The first-order chi connectivity index (χ1) is 16.4. The van der Waals surface area contributed by atoms with E-state index in [2.05, 4.69) is 53.3 Å². The number of anilines is 1. The smallest absolute Gasteiger partial charge is 0.174 e. The van der Waals surface area contributed by atoms with Crippen LogP contribution in [0.2, 0.25) is 5.02 Å². The lowest BCUT2D eigenvalue weighted by Crippen LogP contribution is -2.29. The van der Waals surface area contributed by atoms with Crippen LogP contribution in [0.5, 0.6) is 0 Å². The Hall–Kier alpha value is -3.15. The number of halogens is 1. The molecule has 1 aliphatic rings. The van der Waals surface area contributed by atoms with Gasteiger partial charge < -0.3 is 14.6 Å². The highest BCUT2D eigenvalue weighted by Crippen LogP contribution is 2.43. The van der Waals surface area contributed by atoms with Crippen molar-refractivity contribution >= 4 is 34.6 Å². The molecule has 5 rings (SSSR count). The van der Waals surface area contributed by atoms with Gasteiger partial charge >= 0.3 is 0 Å². The number of hydrogen-bond acceptors (Lipinski definition) is 3. The lowest BCUT2D eigenvalue weighted by atomic mass is 10.0. The van der Waals surface area contributed by atoms with Crippen molar-refractivity contribution in [1.29, 1.82) is 0 Å². The van der Waals surface area contributed by atoms with Crippen molar-refractivity contribution in [2.45, 2.75) is 38.8 Å². The summed E-state index contributed by atoms with van der Waals surface area (Å²) in [6.07, 6.45) is 1.80. The van der Waals surface area contributed by atoms with Crippen LogP contribution in [-0.2, 0) is 0 Å². The Morgan fingerprint density at radius 2 is 1.82 bits per heavy atom. The highest BCUT2D eigenvalue weighted by molar-refractivity contribution is 7.80. The van der Waals surface area contributed by atoms with Gasteiger partial charge in [0, 0.05) is 22.5 Å². The van der Waals surface area contributed by atoms with Crippen LogP contribution in [0.25, 0.3) is 11.3 Å². The van der Waals surface area contributed by atoms with Gasteiger partial charge in [0.15, 0.2) is 5.11 Å². The molecule has 1 N–H and O–H groups in total. The predicted octanol–water partition coefficient (Wildman–Crippen LogP) is 7.60. The molecule has 2 aromatic heterocycles. The predicted molar refractivity (Wildman–Crippen MR) is 142 cm³/mol. The first kappa shape index (κ1) is 22.6. The summed E-state index contributed by atoms with van der Waals surface area (Å²) in [5.41, 5.74) is 5.19. The molecule has 0 amide bonds. The number of nitrogens with one attached hydrogen (secondary N) is 1. The van der Waals surface area contributed by atoms with Crippen LogP contribution in [0.15, 0.2) is 83.4 Å². The minimum atomic E-state index is -0.193. The third kappa shape index (κ3) is 4.22. The summed E-state index contributed by atoms with van der Waals surface area (Å²) in [6.45, 7) is 6.38. The lowest BCUT2D eigenvalue weighted by Gasteiger charge is -2.26. The van der Waals surface area contributed by atoms with Crippen molar-refractivity contribution in [3.8, 4) is 11.3 Å². The van der Waals surface area contributed by atoms with Crippen molar-refractivity contribution < 1.29 is 4.42 Å². The standard InChI is InChI=1S/C28H26ClN3OS/c1-17(2)19-9-11-21(12-10-19)32-27(26(31-28(32)34)23-6-4-5-15-30-23)25-14-13-24(33-25)20-8-7-18(3)22(29)16-20/h4-17,26-27H,1-3H3,(H,31,34)/t26-,27-/m1/s1. The Morgan fingerprint density at radius 3 is 2.50 bits per heavy atom. The van der Waals surface area contributed by atoms with Crippen LogP contribution < -0.4 is 10.2 Å². The minimum absolute atomic E-state index is 0.154. The molecule has 3 heterocycles. The molecule has 4 nitrogen and oxygen atoms in total. The molecule has 0 saturated carbocycles. The second-order valence-electron chi connectivity index (χ2n) is 8.91. The summed E-state index contributed by atoms with van der Waals surface area (Å²) < 4.78 is 6.43. The number of benzene rings is 2. The Balaban J connectivity index is 1.57. The van der Waals surface area contributed by atoms with Gasteiger partial charge in [-0.15, -0.1) is 0 Å². The van der Waals surface area contributed by atoms with E-state index < -0.39 is 0 Å². The van der Waals surface area contributed by atoms with Crippen LogP contribution in [0.3, 0.4) is 0 Å². The van der Waals surface area contributed by atoms with Gasteiger partial charge in [0.05, 0.1) is 11.7 Å². The fourth-order valence-corrected chi connectivity index (χ4v) is 4.88. The maximum absolute atomic E-state index is 6.43. The Labute approximate surface area is 210 Å².